The Kier molecular flexibility index (Phi) is 14.1. The summed E-state index contributed by atoms with van der Waals surface area (Å²) in [4.78, 5) is 54.8. The van der Waals surface area contributed by atoms with Crippen molar-refractivity contribution < 1.29 is 32.7 Å². The van der Waals surface area contributed by atoms with Gasteiger partial charge in [-0.15, -0.1) is 0 Å². The van der Waals surface area contributed by atoms with Gasteiger partial charge in [-0.2, -0.15) is 4.31 Å². The monoisotopic (exact) mass is 684 g/mol. The van der Waals surface area contributed by atoms with E-state index in [1.165, 1.54) is 11.4 Å². The zero-order chi connectivity index (χ0) is 35.1. The molecule has 1 saturated carbocycles. The number of ketones is 1. The number of sulfonamides is 1. The summed E-state index contributed by atoms with van der Waals surface area (Å²) in [6, 6.07) is -3.44. The molecule has 3 aliphatic rings. The van der Waals surface area contributed by atoms with E-state index in [-0.39, 0.29) is 36.0 Å². The maximum atomic E-state index is 14.5. The van der Waals surface area contributed by atoms with Gasteiger partial charge in [-0.05, 0) is 55.3 Å². The standard InChI is InChI=1S/C33H60N6O7S/c1-8-13-24(28(40)30(42)34-7)35-29(41)25-18-23(21(2)3)19-39(25)31(43)27(22-14-10-9-11-15-22)37-32(44)36-26(33(4,5)6)20-38-16-12-17-47(38,45)46/h21-27,29,35,41H,8-20H2,1-7H3,(H,34,42)(H2,36,37,44)/t23-,24?,25+,26-,27+,29?/m1/s1. The van der Waals surface area contributed by atoms with Gasteiger partial charge >= 0.3 is 6.03 Å². The largest absolute Gasteiger partial charge is 0.376 e. The molecule has 3 rings (SSSR count). The summed E-state index contributed by atoms with van der Waals surface area (Å²) in [5.41, 5.74) is -0.457. The van der Waals surface area contributed by atoms with Crippen LogP contribution in [0, 0.1) is 23.2 Å². The fourth-order valence-corrected chi connectivity index (χ4v) is 8.65. The Balaban J connectivity index is 1.85. The number of amides is 4. The molecule has 0 aromatic carbocycles. The number of likely N-dealkylation sites (N-methyl/N-ethyl adjacent to an activating group) is 1. The zero-order valence-electron chi connectivity index (χ0n) is 29.5. The first-order chi connectivity index (χ1) is 22.0. The lowest BCUT2D eigenvalue weighted by Gasteiger charge is -2.38. The van der Waals surface area contributed by atoms with Crippen molar-refractivity contribution in [2.75, 3.05) is 32.4 Å². The van der Waals surface area contributed by atoms with Crippen molar-refractivity contribution in [1.82, 2.24) is 30.5 Å². The second kappa shape index (κ2) is 16.9. The van der Waals surface area contributed by atoms with Crippen molar-refractivity contribution in [3.05, 3.63) is 0 Å². The van der Waals surface area contributed by atoms with E-state index in [0.29, 0.717) is 38.8 Å². The molecule has 0 radical (unpaired) electrons. The fourth-order valence-electron chi connectivity index (χ4n) is 7.12. The van der Waals surface area contributed by atoms with E-state index in [0.717, 1.165) is 32.1 Å². The average molecular weight is 685 g/mol. The molecule has 13 nitrogen and oxygen atoms in total. The first kappa shape index (κ1) is 39.2. The minimum atomic E-state index is -3.37. The highest BCUT2D eigenvalue weighted by molar-refractivity contribution is 7.89. The SMILES string of the molecule is CCCC(NC(O)[C@@H]1C[C@@H](C(C)C)CN1C(=O)[C@@H](NC(=O)N[C@H](CN1CCCS1(=O)=O)C(C)(C)C)C1CCCCC1)C(=O)C(=O)NC. The van der Waals surface area contributed by atoms with Crippen molar-refractivity contribution in [2.45, 2.75) is 130 Å². The number of Topliss-reactive ketones (excluding diaryl/α,β-unsaturated/α-hetero) is 1. The molecule has 2 aliphatic heterocycles. The van der Waals surface area contributed by atoms with Gasteiger partial charge in [-0.1, -0.05) is 67.2 Å². The molecule has 0 spiro atoms. The molecule has 2 saturated heterocycles. The smallest absolute Gasteiger partial charge is 0.315 e. The molecule has 5 N–H and O–H groups in total. The van der Waals surface area contributed by atoms with Crippen molar-refractivity contribution in [1.29, 1.82) is 0 Å². The Morgan fingerprint density at radius 3 is 2.17 bits per heavy atom. The molecule has 47 heavy (non-hydrogen) atoms. The van der Waals surface area contributed by atoms with E-state index in [2.05, 4.69) is 35.1 Å². The van der Waals surface area contributed by atoms with Crippen LogP contribution in [0.4, 0.5) is 4.79 Å². The summed E-state index contributed by atoms with van der Waals surface area (Å²) in [5.74, 6) is -1.37. The zero-order valence-corrected chi connectivity index (χ0v) is 30.3. The second-order valence-electron chi connectivity index (χ2n) is 15.1. The van der Waals surface area contributed by atoms with E-state index in [1.54, 1.807) is 4.90 Å². The van der Waals surface area contributed by atoms with Gasteiger partial charge in [0.1, 0.15) is 12.3 Å². The molecular weight excluding hydrogens is 624 g/mol. The van der Waals surface area contributed by atoms with Gasteiger partial charge in [0.05, 0.1) is 17.8 Å². The van der Waals surface area contributed by atoms with Crippen molar-refractivity contribution in [3.63, 3.8) is 0 Å². The minimum absolute atomic E-state index is 0.0909. The van der Waals surface area contributed by atoms with Gasteiger partial charge in [0.2, 0.25) is 21.7 Å². The Morgan fingerprint density at radius 2 is 1.64 bits per heavy atom. The maximum Gasteiger partial charge on any atom is 0.315 e. The number of hydrogen-bond acceptors (Lipinski definition) is 8. The number of rotatable bonds is 14. The highest BCUT2D eigenvalue weighted by atomic mass is 32.2. The van der Waals surface area contributed by atoms with E-state index < -0.39 is 63.6 Å². The molecule has 6 atom stereocenters. The molecule has 3 fully saturated rings. The van der Waals surface area contributed by atoms with E-state index in [4.69, 9.17) is 0 Å². The van der Waals surface area contributed by atoms with Crippen molar-refractivity contribution in [2.24, 2.45) is 23.2 Å². The van der Waals surface area contributed by atoms with Crippen LogP contribution < -0.4 is 21.3 Å². The van der Waals surface area contributed by atoms with Crippen LogP contribution in [0.25, 0.3) is 0 Å². The number of likely N-dealkylation sites (tertiary alicyclic amines) is 1. The van der Waals surface area contributed by atoms with Crippen LogP contribution in [-0.4, -0.2) is 109 Å². The summed E-state index contributed by atoms with van der Waals surface area (Å²) in [7, 11) is -1.98. The number of carbonyl (C=O) groups is 4. The van der Waals surface area contributed by atoms with E-state index in [1.807, 2.05) is 27.7 Å². The topological polar surface area (TPSA) is 177 Å². The van der Waals surface area contributed by atoms with Crippen LogP contribution in [0.5, 0.6) is 0 Å². The molecule has 0 aromatic rings. The number of nitrogens with one attached hydrogen (secondary N) is 4. The number of aliphatic hydroxyl groups excluding tert-OH is 1. The van der Waals surface area contributed by atoms with E-state index in [9.17, 15) is 32.7 Å². The molecule has 14 heteroatoms. The fraction of sp³-hybridized carbons (Fsp3) is 0.879. The summed E-state index contributed by atoms with van der Waals surface area (Å²) >= 11 is 0. The second-order valence-corrected chi connectivity index (χ2v) is 17.2. The van der Waals surface area contributed by atoms with Crippen molar-refractivity contribution in [3.8, 4) is 0 Å². The summed E-state index contributed by atoms with van der Waals surface area (Å²) in [5, 5.41) is 22.8. The third-order valence-corrected chi connectivity index (χ3v) is 12.2. The number of hydrogen-bond donors (Lipinski definition) is 5. The lowest BCUT2D eigenvalue weighted by molar-refractivity contribution is -0.141. The van der Waals surface area contributed by atoms with Crippen LogP contribution in [0.3, 0.4) is 0 Å². The quantitative estimate of drug-likeness (QED) is 0.136. The number of urea groups is 1. The highest BCUT2D eigenvalue weighted by Gasteiger charge is 2.45. The van der Waals surface area contributed by atoms with Crippen LogP contribution in [0.1, 0.15) is 99.3 Å². The van der Waals surface area contributed by atoms with Gasteiger partial charge in [0.15, 0.2) is 0 Å². The third-order valence-electron chi connectivity index (χ3n) is 10.3. The molecule has 4 amide bonds. The first-order valence-electron chi connectivity index (χ1n) is 17.6. The van der Waals surface area contributed by atoms with Crippen molar-refractivity contribution >= 4 is 33.7 Å². The van der Waals surface area contributed by atoms with Gasteiger partial charge in [0.25, 0.3) is 5.91 Å². The number of carbonyl (C=O) groups excluding carboxylic acids is 4. The van der Waals surface area contributed by atoms with E-state index >= 15 is 0 Å². The highest BCUT2D eigenvalue weighted by Crippen LogP contribution is 2.34. The summed E-state index contributed by atoms with van der Waals surface area (Å²) in [6.45, 7) is 12.8. The first-order valence-corrected chi connectivity index (χ1v) is 19.2. The van der Waals surface area contributed by atoms with Gasteiger partial charge in [-0.3, -0.25) is 19.7 Å². The predicted octanol–water partition coefficient (Wildman–Crippen LogP) is 1.95. The molecule has 0 aromatic heterocycles. The Bertz CT molecular complexity index is 1200. The lowest BCUT2D eigenvalue weighted by atomic mass is 9.83. The van der Waals surface area contributed by atoms with Gasteiger partial charge in [0, 0.05) is 32.7 Å². The molecule has 2 heterocycles. The summed E-state index contributed by atoms with van der Waals surface area (Å²) < 4.78 is 26.6. The minimum Gasteiger partial charge on any atom is -0.376 e. The Labute approximate surface area is 281 Å². The maximum absolute atomic E-state index is 14.5. The third kappa shape index (κ3) is 10.4. The molecule has 0 bridgehead atoms. The lowest BCUT2D eigenvalue weighted by Crippen LogP contribution is -2.61. The Hall–Kier alpha value is -2.29. The molecule has 2 unspecified atom stereocenters. The molecule has 1 aliphatic carbocycles. The summed E-state index contributed by atoms with van der Waals surface area (Å²) in [6.07, 6.45) is 5.24. The van der Waals surface area contributed by atoms with Crippen LogP contribution in [0.15, 0.2) is 0 Å². The Morgan fingerprint density at radius 1 is 0.979 bits per heavy atom. The van der Waals surface area contributed by atoms with Crippen LogP contribution in [-0.2, 0) is 24.4 Å². The van der Waals surface area contributed by atoms with Gasteiger partial charge in [-0.25, -0.2) is 13.2 Å². The number of nitrogens with zero attached hydrogens (tertiary/aromatic N) is 2. The normalized spacial score (nSPS) is 24.8. The number of aliphatic hydroxyl groups is 1. The van der Waals surface area contributed by atoms with Crippen LogP contribution >= 0.6 is 0 Å². The predicted molar refractivity (Wildman–Crippen MR) is 181 cm³/mol. The molecular formula is C33H60N6O7S. The van der Waals surface area contributed by atoms with Crippen LogP contribution in [0.2, 0.25) is 0 Å². The average Bonchev–Trinajstić information content (AvgIpc) is 3.61. The molecule has 270 valence electrons. The van der Waals surface area contributed by atoms with Gasteiger partial charge < -0.3 is 26.0 Å².